The molecule has 168 valence electrons. The van der Waals surface area contributed by atoms with Crippen molar-refractivity contribution in [1.82, 2.24) is 4.90 Å². The topological polar surface area (TPSA) is 46.6 Å². The van der Waals surface area contributed by atoms with Gasteiger partial charge >= 0.3 is 0 Å². The first-order chi connectivity index (χ1) is 16.6. The van der Waals surface area contributed by atoms with Crippen LogP contribution in [0.2, 0.25) is 0 Å². The number of ether oxygens (including phenoxy) is 1. The molecule has 0 N–H and O–H groups in total. The van der Waals surface area contributed by atoms with E-state index < -0.39 is 6.04 Å². The summed E-state index contributed by atoms with van der Waals surface area (Å²) in [6.45, 7) is 2.09. The standard InChI is InChI=1S/C30H25NO3/c1-21-17-18-25-26(19-21)30(33)31(29(25)32)27(22-11-5-2-6-12-22)20-34-28(23-13-7-3-8-14-23)24-15-9-4-10-16-24/h2-19,27-28H,20H2,1H3/t27-/m1/s1. The predicted molar refractivity (Wildman–Crippen MR) is 132 cm³/mol. The minimum absolute atomic E-state index is 0.170. The van der Waals surface area contributed by atoms with Crippen molar-refractivity contribution in [2.75, 3.05) is 6.61 Å². The minimum Gasteiger partial charge on any atom is -0.366 e. The van der Waals surface area contributed by atoms with Gasteiger partial charge in [-0.15, -0.1) is 0 Å². The van der Waals surface area contributed by atoms with Crippen molar-refractivity contribution in [1.29, 1.82) is 0 Å². The second-order valence-electron chi connectivity index (χ2n) is 8.49. The summed E-state index contributed by atoms with van der Waals surface area (Å²) in [6, 6.07) is 34.4. The Hall–Kier alpha value is -4.02. The zero-order valence-electron chi connectivity index (χ0n) is 18.9. The molecule has 0 bridgehead atoms. The van der Waals surface area contributed by atoms with E-state index in [1.807, 2.05) is 104 Å². The van der Waals surface area contributed by atoms with Crippen molar-refractivity contribution in [3.63, 3.8) is 0 Å². The van der Waals surface area contributed by atoms with Gasteiger partial charge in [-0.2, -0.15) is 0 Å². The van der Waals surface area contributed by atoms with Crippen LogP contribution >= 0.6 is 0 Å². The number of aryl methyl sites for hydroxylation is 1. The van der Waals surface area contributed by atoms with Gasteiger partial charge in [-0.25, -0.2) is 0 Å². The van der Waals surface area contributed by atoms with Gasteiger partial charge in [0.2, 0.25) is 0 Å². The lowest BCUT2D eigenvalue weighted by molar-refractivity contribution is 0.0230. The number of nitrogens with zero attached hydrogens (tertiary/aromatic N) is 1. The molecule has 4 heteroatoms. The van der Waals surface area contributed by atoms with Gasteiger partial charge in [0.15, 0.2) is 0 Å². The first kappa shape index (κ1) is 21.8. The molecule has 5 rings (SSSR count). The van der Waals surface area contributed by atoms with Gasteiger partial charge in [0.25, 0.3) is 11.8 Å². The molecular formula is C30H25NO3. The third-order valence-corrected chi connectivity index (χ3v) is 6.19. The molecule has 34 heavy (non-hydrogen) atoms. The monoisotopic (exact) mass is 447 g/mol. The molecule has 1 atom stereocenters. The van der Waals surface area contributed by atoms with Crippen LogP contribution in [0.4, 0.5) is 0 Å². The molecule has 0 spiro atoms. The summed E-state index contributed by atoms with van der Waals surface area (Å²) in [7, 11) is 0. The second-order valence-corrected chi connectivity index (χ2v) is 8.49. The molecule has 2 amide bonds. The van der Waals surface area contributed by atoms with Crippen LogP contribution in [0.1, 0.15) is 55.1 Å². The van der Waals surface area contributed by atoms with E-state index in [-0.39, 0.29) is 24.5 Å². The summed E-state index contributed by atoms with van der Waals surface area (Å²) < 4.78 is 6.52. The smallest absolute Gasteiger partial charge is 0.262 e. The van der Waals surface area contributed by atoms with Crippen LogP contribution < -0.4 is 0 Å². The Labute approximate surface area is 199 Å². The fourth-order valence-electron chi connectivity index (χ4n) is 4.48. The first-order valence-electron chi connectivity index (χ1n) is 11.4. The van der Waals surface area contributed by atoms with Crippen LogP contribution in [0, 0.1) is 6.92 Å². The van der Waals surface area contributed by atoms with Crippen LogP contribution in [-0.2, 0) is 4.74 Å². The Morgan fingerprint density at radius 1 is 0.647 bits per heavy atom. The number of hydrogen-bond donors (Lipinski definition) is 0. The van der Waals surface area contributed by atoms with Crippen molar-refractivity contribution in [3.05, 3.63) is 143 Å². The Morgan fingerprint density at radius 2 is 1.15 bits per heavy atom. The fraction of sp³-hybridized carbons (Fsp3) is 0.133. The number of benzene rings is 4. The zero-order chi connectivity index (χ0) is 23.5. The Morgan fingerprint density at radius 3 is 1.71 bits per heavy atom. The number of carbonyl (C=O) groups excluding carboxylic acids is 2. The number of amides is 2. The average Bonchev–Trinajstić information content (AvgIpc) is 3.12. The molecule has 4 aromatic rings. The Bertz CT molecular complexity index is 1260. The molecule has 0 fully saturated rings. The van der Waals surface area contributed by atoms with Crippen LogP contribution in [0.5, 0.6) is 0 Å². The van der Waals surface area contributed by atoms with Crippen LogP contribution in [0.15, 0.2) is 109 Å². The van der Waals surface area contributed by atoms with Crippen molar-refractivity contribution >= 4 is 11.8 Å². The minimum atomic E-state index is -0.552. The number of carbonyl (C=O) groups is 2. The highest BCUT2D eigenvalue weighted by atomic mass is 16.5. The lowest BCUT2D eigenvalue weighted by Crippen LogP contribution is -2.37. The average molecular weight is 448 g/mol. The van der Waals surface area contributed by atoms with Crippen molar-refractivity contribution < 1.29 is 14.3 Å². The Balaban J connectivity index is 1.50. The first-order valence-corrected chi connectivity index (χ1v) is 11.4. The highest BCUT2D eigenvalue weighted by Gasteiger charge is 2.41. The van der Waals surface area contributed by atoms with Gasteiger partial charge in [0, 0.05) is 0 Å². The predicted octanol–water partition coefficient (Wildman–Crippen LogP) is 6.14. The molecule has 4 aromatic carbocycles. The third kappa shape index (κ3) is 4.16. The summed E-state index contributed by atoms with van der Waals surface area (Å²) in [4.78, 5) is 28.1. The van der Waals surface area contributed by atoms with E-state index >= 15 is 0 Å². The second kappa shape index (κ2) is 9.46. The van der Waals surface area contributed by atoms with Gasteiger partial charge in [0.05, 0.1) is 23.8 Å². The summed E-state index contributed by atoms with van der Waals surface area (Å²) in [5, 5.41) is 0. The summed E-state index contributed by atoms with van der Waals surface area (Å²) >= 11 is 0. The maximum Gasteiger partial charge on any atom is 0.262 e. The molecule has 0 aromatic heterocycles. The van der Waals surface area contributed by atoms with Gasteiger partial charge in [-0.1, -0.05) is 103 Å². The highest BCUT2D eigenvalue weighted by Crippen LogP contribution is 2.34. The lowest BCUT2D eigenvalue weighted by Gasteiger charge is -2.29. The van der Waals surface area contributed by atoms with E-state index in [2.05, 4.69) is 0 Å². The Kier molecular flexibility index (Phi) is 6.07. The van der Waals surface area contributed by atoms with E-state index in [4.69, 9.17) is 4.74 Å². The SMILES string of the molecule is Cc1ccc2c(c1)C(=O)N([C@H](COC(c1ccccc1)c1ccccc1)c1ccccc1)C2=O. The molecule has 1 aliphatic rings. The summed E-state index contributed by atoms with van der Waals surface area (Å²) in [5.74, 6) is -0.564. The number of rotatable bonds is 7. The molecule has 1 aliphatic heterocycles. The zero-order valence-corrected chi connectivity index (χ0v) is 18.9. The molecular weight excluding hydrogens is 422 g/mol. The van der Waals surface area contributed by atoms with E-state index in [1.165, 1.54) is 4.90 Å². The molecule has 1 heterocycles. The fourth-order valence-corrected chi connectivity index (χ4v) is 4.48. The summed E-state index contributed by atoms with van der Waals surface area (Å²) in [5.41, 5.74) is 4.72. The number of imide groups is 1. The van der Waals surface area contributed by atoms with Gasteiger partial charge in [-0.3, -0.25) is 14.5 Å². The van der Waals surface area contributed by atoms with Crippen molar-refractivity contribution in [2.45, 2.75) is 19.1 Å². The maximum atomic E-state index is 13.4. The molecule has 0 radical (unpaired) electrons. The van der Waals surface area contributed by atoms with E-state index in [9.17, 15) is 9.59 Å². The summed E-state index contributed by atoms with van der Waals surface area (Å²) in [6.07, 6.45) is -0.328. The van der Waals surface area contributed by atoms with Crippen LogP contribution in [0.3, 0.4) is 0 Å². The number of hydrogen-bond acceptors (Lipinski definition) is 3. The normalized spacial score (nSPS) is 13.9. The van der Waals surface area contributed by atoms with Gasteiger partial charge in [0.1, 0.15) is 6.10 Å². The highest BCUT2D eigenvalue weighted by molar-refractivity contribution is 6.21. The maximum absolute atomic E-state index is 13.4. The quantitative estimate of drug-likeness (QED) is 0.320. The lowest BCUT2D eigenvalue weighted by atomic mass is 10.0. The molecule has 0 saturated carbocycles. The van der Waals surface area contributed by atoms with Crippen LogP contribution in [-0.4, -0.2) is 23.3 Å². The molecule has 0 aliphatic carbocycles. The largest absolute Gasteiger partial charge is 0.366 e. The van der Waals surface area contributed by atoms with Gasteiger partial charge in [-0.05, 0) is 35.7 Å². The number of fused-ring (bicyclic) bond motifs is 1. The third-order valence-electron chi connectivity index (χ3n) is 6.19. The van der Waals surface area contributed by atoms with E-state index in [1.54, 1.807) is 12.1 Å². The van der Waals surface area contributed by atoms with Crippen molar-refractivity contribution in [2.24, 2.45) is 0 Å². The van der Waals surface area contributed by atoms with Crippen LogP contribution in [0.25, 0.3) is 0 Å². The van der Waals surface area contributed by atoms with E-state index in [0.29, 0.717) is 11.1 Å². The van der Waals surface area contributed by atoms with Crippen molar-refractivity contribution in [3.8, 4) is 0 Å². The van der Waals surface area contributed by atoms with E-state index in [0.717, 1.165) is 22.3 Å². The van der Waals surface area contributed by atoms with Gasteiger partial charge < -0.3 is 4.74 Å². The molecule has 4 nitrogen and oxygen atoms in total. The molecule has 0 saturated heterocycles. The molecule has 0 unspecified atom stereocenters.